The number of fused-ring (bicyclic) bond motifs is 5. The summed E-state index contributed by atoms with van der Waals surface area (Å²) in [4.78, 5) is 30.4. The molecule has 0 saturated heterocycles. The van der Waals surface area contributed by atoms with Crippen LogP contribution in [0, 0.1) is 30.1 Å². The molecule has 6 rings (SSSR count). The number of rotatable bonds is 7. The molecule has 1 amide bonds. The van der Waals surface area contributed by atoms with Gasteiger partial charge in [0.1, 0.15) is 5.75 Å². The molecule has 1 aromatic heterocycles. The second kappa shape index (κ2) is 11.1. The predicted molar refractivity (Wildman–Crippen MR) is 157 cm³/mol. The van der Waals surface area contributed by atoms with Crippen LogP contribution in [0.5, 0.6) is 5.75 Å². The van der Waals surface area contributed by atoms with Gasteiger partial charge in [-0.1, -0.05) is 31.2 Å². The maximum absolute atomic E-state index is 12.6. The van der Waals surface area contributed by atoms with Gasteiger partial charge in [-0.25, -0.2) is 9.78 Å². The first-order valence-corrected chi connectivity index (χ1v) is 15.4. The van der Waals surface area contributed by atoms with E-state index in [-0.39, 0.29) is 23.4 Å². The summed E-state index contributed by atoms with van der Waals surface area (Å²) >= 11 is 1.50. The van der Waals surface area contributed by atoms with E-state index in [0.717, 1.165) is 49.8 Å². The smallest absolute Gasteiger partial charge is 0.343 e. The number of benzene rings is 2. The molecule has 6 atom stereocenters. The monoisotopic (exact) mass is 558 g/mol. The number of amides is 1. The van der Waals surface area contributed by atoms with Crippen molar-refractivity contribution in [1.82, 2.24) is 4.98 Å². The minimum Gasteiger partial charge on any atom is -0.423 e. The fraction of sp³-hybridized carbons (Fsp3) is 0.485. The largest absolute Gasteiger partial charge is 0.423 e. The number of aliphatic hydroxyl groups excluding tert-OH is 1. The van der Waals surface area contributed by atoms with Gasteiger partial charge in [0.25, 0.3) is 0 Å². The molecule has 3 aliphatic carbocycles. The van der Waals surface area contributed by atoms with Crippen molar-refractivity contribution < 1.29 is 19.4 Å². The summed E-state index contributed by atoms with van der Waals surface area (Å²) in [6, 6.07) is 15.3. The number of hydrogen-bond acceptors (Lipinski definition) is 6. The zero-order valence-corrected chi connectivity index (χ0v) is 24.1. The van der Waals surface area contributed by atoms with Crippen LogP contribution >= 0.6 is 11.3 Å². The van der Waals surface area contributed by atoms with Crippen LogP contribution in [0.2, 0.25) is 0 Å². The number of nitrogens with one attached hydrogen (secondary N) is 1. The van der Waals surface area contributed by atoms with E-state index in [1.807, 2.05) is 31.2 Å². The molecule has 6 nitrogen and oxygen atoms in total. The van der Waals surface area contributed by atoms with Gasteiger partial charge in [-0.15, -0.1) is 11.3 Å². The second-order valence-corrected chi connectivity index (χ2v) is 13.5. The fourth-order valence-electron chi connectivity index (χ4n) is 8.04. The maximum atomic E-state index is 12.6. The van der Waals surface area contributed by atoms with E-state index in [2.05, 4.69) is 29.4 Å². The summed E-state index contributed by atoms with van der Waals surface area (Å²) in [5.41, 5.74) is 3.16. The van der Waals surface area contributed by atoms with E-state index in [4.69, 9.17) is 4.74 Å². The Balaban J connectivity index is 1.13. The minimum atomic E-state index is -0.332. The number of carbonyl (C=O) groups excluding carboxylic acids is 2. The van der Waals surface area contributed by atoms with Crippen LogP contribution in [-0.4, -0.2) is 28.1 Å². The Labute approximate surface area is 240 Å². The van der Waals surface area contributed by atoms with E-state index in [1.165, 1.54) is 22.5 Å². The lowest BCUT2D eigenvalue weighted by molar-refractivity contribution is -0.116. The van der Waals surface area contributed by atoms with Crippen LogP contribution in [0.1, 0.15) is 84.1 Å². The Morgan fingerprint density at radius 3 is 2.77 bits per heavy atom. The topological polar surface area (TPSA) is 88.5 Å². The lowest BCUT2D eigenvalue weighted by Crippen LogP contribution is -2.45. The molecule has 2 saturated carbocycles. The van der Waals surface area contributed by atoms with Gasteiger partial charge in [0.2, 0.25) is 5.91 Å². The first-order valence-electron chi connectivity index (χ1n) is 14.6. The van der Waals surface area contributed by atoms with Crippen molar-refractivity contribution >= 4 is 28.3 Å². The quantitative estimate of drug-likeness (QED) is 0.243. The zero-order chi connectivity index (χ0) is 27.9. The Morgan fingerprint density at radius 2 is 2.00 bits per heavy atom. The van der Waals surface area contributed by atoms with E-state index >= 15 is 0 Å². The summed E-state index contributed by atoms with van der Waals surface area (Å²) in [6.45, 7) is 4.29. The van der Waals surface area contributed by atoms with E-state index in [1.54, 1.807) is 18.3 Å². The van der Waals surface area contributed by atoms with Crippen molar-refractivity contribution in [2.45, 2.75) is 77.2 Å². The number of ether oxygens (including phenoxy) is 1. The highest BCUT2D eigenvalue weighted by Crippen LogP contribution is 2.63. The number of aliphatic hydroxyl groups is 1. The molecule has 210 valence electrons. The highest BCUT2D eigenvalue weighted by molar-refractivity contribution is 7.15. The van der Waals surface area contributed by atoms with Gasteiger partial charge in [0.15, 0.2) is 5.13 Å². The lowest BCUT2D eigenvalue weighted by atomic mass is 9.53. The molecular weight excluding hydrogens is 520 g/mol. The molecule has 0 bridgehead atoms. The predicted octanol–water partition coefficient (Wildman–Crippen LogP) is 6.92. The molecule has 2 aromatic carbocycles. The normalized spacial score (nSPS) is 28.7. The van der Waals surface area contributed by atoms with Crippen molar-refractivity contribution in [3.8, 4) is 5.75 Å². The molecule has 2 fully saturated rings. The molecule has 7 heteroatoms. The first-order chi connectivity index (χ1) is 19.3. The number of nitrogens with zero attached hydrogens (tertiary/aromatic N) is 1. The van der Waals surface area contributed by atoms with Gasteiger partial charge in [-0.05, 0) is 116 Å². The molecule has 2 N–H and O–H groups in total. The summed E-state index contributed by atoms with van der Waals surface area (Å²) in [6.07, 6.45) is 8.74. The van der Waals surface area contributed by atoms with Crippen molar-refractivity contribution in [2.24, 2.45) is 23.2 Å². The van der Waals surface area contributed by atoms with E-state index in [9.17, 15) is 14.7 Å². The average molecular weight is 559 g/mol. The SMILES string of the molecule is Cc1cnc(NC(=O)CCC[C@@H]2C[C@H](O)[C@@]3(C)CCC4c5ccc(OC(=O)c6ccccc6)cc5CCC4C23)s1. The summed E-state index contributed by atoms with van der Waals surface area (Å²) in [7, 11) is 0. The number of carbonyl (C=O) groups is 2. The van der Waals surface area contributed by atoms with Crippen LogP contribution in [0.25, 0.3) is 0 Å². The van der Waals surface area contributed by atoms with Crippen LogP contribution in [0.4, 0.5) is 5.13 Å². The van der Waals surface area contributed by atoms with Crippen LogP contribution in [0.15, 0.2) is 54.7 Å². The van der Waals surface area contributed by atoms with E-state index < -0.39 is 0 Å². The highest BCUT2D eigenvalue weighted by atomic mass is 32.1. The number of esters is 1. The minimum absolute atomic E-state index is 0.0209. The van der Waals surface area contributed by atoms with Gasteiger partial charge in [-0.2, -0.15) is 0 Å². The molecule has 1 heterocycles. The van der Waals surface area contributed by atoms with Gasteiger partial charge < -0.3 is 15.2 Å². The van der Waals surface area contributed by atoms with Gasteiger partial charge in [-0.3, -0.25) is 4.79 Å². The van der Waals surface area contributed by atoms with Crippen molar-refractivity contribution in [2.75, 3.05) is 5.32 Å². The molecule has 3 aromatic rings. The molecule has 0 aliphatic heterocycles. The molecule has 40 heavy (non-hydrogen) atoms. The van der Waals surface area contributed by atoms with Crippen molar-refractivity contribution in [3.05, 3.63) is 76.3 Å². The Kier molecular flexibility index (Phi) is 7.53. The van der Waals surface area contributed by atoms with Crippen LogP contribution in [-0.2, 0) is 11.2 Å². The second-order valence-electron chi connectivity index (χ2n) is 12.2. The standard InChI is InChI=1S/C33H38N2O4S/c1-20-19-34-32(40-20)35-29(37)10-6-9-23-18-28(36)33(2)16-15-26-25-14-12-24(17-22(25)11-13-27(26)30(23)33)39-31(38)21-7-4-3-5-8-21/h3-5,7-8,12,14,17,19,23,26-28,30,36H,6,9-11,13,15-16,18H2,1-2H3,(H,34,35,37)/t23-,26?,27?,28+,30?,33-/m1/s1. The molecular formula is C33H38N2O4S. The Hall–Kier alpha value is -3.03. The molecule has 3 aliphatic rings. The van der Waals surface area contributed by atoms with Crippen LogP contribution in [0.3, 0.4) is 0 Å². The van der Waals surface area contributed by atoms with Gasteiger partial charge in [0, 0.05) is 17.5 Å². The Bertz CT molecular complexity index is 1390. The van der Waals surface area contributed by atoms with Crippen molar-refractivity contribution in [3.63, 3.8) is 0 Å². The number of anilines is 1. The number of thiazole rings is 1. The molecule has 0 radical (unpaired) electrons. The number of hydrogen-bond donors (Lipinski definition) is 2. The van der Waals surface area contributed by atoms with Crippen LogP contribution < -0.4 is 10.1 Å². The fourth-order valence-corrected chi connectivity index (χ4v) is 8.72. The van der Waals surface area contributed by atoms with Crippen molar-refractivity contribution in [1.29, 1.82) is 0 Å². The van der Waals surface area contributed by atoms with Gasteiger partial charge >= 0.3 is 5.97 Å². The molecule has 0 spiro atoms. The number of aryl methyl sites for hydroxylation is 2. The third-order valence-corrected chi connectivity index (χ3v) is 10.7. The van der Waals surface area contributed by atoms with E-state index in [0.29, 0.717) is 46.5 Å². The average Bonchev–Trinajstić information content (AvgIpc) is 3.47. The highest BCUT2D eigenvalue weighted by Gasteiger charge is 2.58. The maximum Gasteiger partial charge on any atom is 0.343 e. The zero-order valence-electron chi connectivity index (χ0n) is 23.3. The summed E-state index contributed by atoms with van der Waals surface area (Å²) in [5.74, 6) is 2.16. The Morgan fingerprint density at radius 1 is 1.18 bits per heavy atom. The third kappa shape index (κ3) is 5.21. The van der Waals surface area contributed by atoms with Gasteiger partial charge in [0.05, 0.1) is 11.7 Å². The third-order valence-electron chi connectivity index (χ3n) is 9.86. The lowest BCUT2D eigenvalue weighted by Gasteiger charge is -2.51. The number of aromatic nitrogens is 1. The summed E-state index contributed by atoms with van der Waals surface area (Å²) < 4.78 is 5.71. The molecule has 3 unspecified atom stereocenters. The first kappa shape index (κ1) is 27.2. The summed E-state index contributed by atoms with van der Waals surface area (Å²) in [5, 5.41) is 14.8.